The van der Waals surface area contributed by atoms with E-state index in [4.69, 9.17) is 9.05 Å². The minimum atomic E-state index is -4.59. The lowest BCUT2D eigenvalue weighted by atomic mass is 10.0. The minimum absolute atomic E-state index is 0.00256. The van der Waals surface area contributed by atoms with Crippen LogP contribution >= 0.6 is 7.82 Å². The van der Waals surface area contributed by atoms with Crippen LogP contribution in [0.25, 0.3) is 0 Å². The van der Waals surface area contributed by atoms with Crippen molar-refractivity contribution in [1.29, 1.82) is 0 Å². The second-order valence-electron chi connectivity index (χ2n) is 20.3. The smallest absolute Gasteiger partial charge is 0.268 e. The highest BCUT2D eigenvalue weighted by Gasteiger charge is 2.23. The first-order chi connectivity index (χ1) is 30.5. The maximum absolute atomic E-state index is 12.9. The number of aliphatic hydroxyl groups is 1. The molecule has 1 amide bonds. The highest BCUT2D eigenvalue weighted by Crippen LogP contribution is 2.38. The summed E-state index contributed by atoms with van der Waals surface area (Å²) >= 11 is 0. The SMILES string of the molecule is CCCCCCCCCCCCCCCCC/C=C/[C@@H](O)[C@H](COP(=O)([O-])OCC[N+](C)(C)C)NC(=O)CCCCCCCCCCCCCCCCCCCCCCCCCC. The Kier molecular flexibility index (Phi) is 45.8. The van der Waals surface area contributed by atoms with Gasteiger partial charge in [-0.3, -0.25) is 9.36 Å². The third kappa shape index (κ3) is 49.0. The molecule has 2 N–H and O–H groups in total. The van der Waals surface area contributed by atoms with E-state index < -0.39 is 20.0 Å². The molecule has 0 aliphatic heterocycles. The van der Waals surface area contributed by atoms with Crippen LogP contribution in [-0.4, -0.2) is 68.5 Å². The molecular weight excluding hydrogens is 804 g/mol. The van der Waals surface area contributed by atoms with E-state index in [2.05, 4.69) is 19.2 Å². The van der Waals surface area contributed by atoms with Crippen LogP contribution < -0.4 is 10.2 Å². The number of phosphoric acid groups is 1. The van der Waals surface area contributed by atoms with Gasteiger partial charge in [-0.15, -0.1) is 0 Å². The molecule has 0 spiro atoms. The fourth-order valence-corrected chi connectivity index (χ4v) is 9.11. The summed E-state index contributed by atoms with van der Waals surface area (Å²) in [5.74, 6) is -0.191. The Morgan fingerprint density at radius 1 is 0.540 bits per heavy atom. The molecule has 9 heteroatoms. The van der Waals surface area contributed by atoms with Gasteiger partial charge in [-0.05, 0) is 19.3 Å². The van der Waals surface area contributed by atoms with E-state index >= 15 is 0 Å². The van der Waals surface area contributed by atoms with Gasteiger partial charge in [0.25, 0.3) is 7.82 Å². The molecule has 0 aromatic carbocycles. The van der Waals surface area contributed by atoms with E-state index in [9.17, 15) is 19.4 Å². The number of quaternary nitrogens is 1. The Hall–Kier alpha value is -0.760. The number of amides is 1. The molecule has 1 unspecified atom stereocenters. The van der Waals surface area contributed by atoms with Gasteiger partial charge in [-0.1, -0.05) is 264 Å². The van der Waals surface area contributed by atoms with Crippen molar-refractivity contribution in [3.05, 3.63) is 12.2 Å². The Bertz CT molecular complexity index is 1040. The Morgan fingerprint density at radius 3 is 1.19 bits per heavy atom. The number of hydrogen-bond acceptors (Lipinski definition) is 6. The predicted octanol–water partition coefficient (Wildman–Crippen LogP) is 15.6. The van der Waals surface area contributed by atoms with Gasteiger partial charge in [-0.25, -0.2) is 0 Å². The normalized spacial score (nSPS) is 14.1. The summed E-state index contributed by atoms with van der Waals surface area (Å²) in [4.78, 5) is 25.4. The van der Waals surface area contributed by atoms with Crippen LogP contribution in [0.2, 0.25) is 0 Å². The lowest BCUT2D eigenvalue weighted by molar-refractivity contribution is -0.870. The van der Waals surface area contributed by atoms with Crippen molar-refractivity contribution in [2.75, 3.05) is 40.9 Å². The molecule has 0 rings (SSSR count). The van der Waals surface area contributed by atoms with E-state index in [1.807, 2.05) is 27.2 Å². The van der Waals surface area contributed by atoms with Crippen LogP contribution in [0.15, 0.2) is 12.2 Å². The zero-order chi connectivity index (χ0) is 46.4. The van der Waals surface area contributed by atoms with Crippen LogP contribution in [0.4, 0.5) is 0 Å². The third-order valence-electron chi connectivity index (χ3n) is 12.7. The zero-order valence-electron chi connectivity index (χ0n) is 42.8. The van der Waals surface area contributed by atoms with Gasteiger partial charge in [0.15, 0.2) is 0 Å². The number of nitrogens with one attached hydrogen (secondary N) is 1. The van der Waals surface area contributed by atoms with Crippen molar-refractivity contribution < 1.29 is 32.9 Å². The molecule has 0 saturated heterocycles. The number of allylic oxidation sites excluding steroid dienone is 1. The second-order valence-corrected chi connectivity index (χ2v) is 21.7. The number of carbonyl (C=O) groups excluding carboxylic acids is 1. The van der Waals surface area contributed by atoms with Crippen molar-refractivity contribution >= 4 is 13.7 Å². The average molecular weight is 913 g/mol. The fourth-order valence-electron chi connectivity index (χ4n) is 8.39. The first-order valence-electron chi connectivity index (χ1n) is 27.6. The number of phosphoric ester groups is 1. The van der Waals surface area contributed by atoms with Crippen molar-refractivity contribution in [2.24, 2.45) is 0 Å². The largest absolute Gasteiger partial charge is 0.756 e. The van der Waals surface area contributed by atoms with Crippen molar-refractivity contribution in [1.82, 2.24) is 5.32 Å². The molecule has 3 atom stereocenters. The molecule has 0 aromatic rings. The standard InChI is InChI=1S/C54H109N2O6P/c1-6-8-10-12-14-16-18-20-22-24-25-26-27-28-29-30-32-34-36-38-40-42-44-46-48-54(58)55-52(51-62-63(59,60)61-50-49-56(3,4)5)53(57)47-45-43-41-39-37-35-33-31-23-21-19-17-15-13-11-9-7-2/h45,47,52-53,57H,6-44,46,48-51H2,1-5H3,(H-,55,58,59,60)/b47-45+/t52-,53+/m0/s1. The summed E-state index contributed by atoms with van der Waals surface area (Å²) in [5.41, 5.74) is 0. The summed E-state index contributed by atoms with van der Waals surface area (Å²) in [5, 5.41) is 13.9. The molecular formula is C54H109N2O6P. The second kappa shape index (κ2) is 46.4. The summed E-state index contributed by atoms with van der Waals surface area (Å²) in [7, 11) is 1.28. The highest BCUT2D eigenvalue weighted by molar-refractivity contribution is 7.45. The summed E-state index contributed by atoms with van der Waals surface area (Å²) < 4.78 is 23.3. The molecule has 8 nitrogen and oxygen atoms in total. The minimum Gasteiger partial charge on any atom is -0.756 e. The average Bonchev–Trinajstić information content (AvgIpc) is 3.24. The molecule has 0 aliphatic rings. The quantitative estimate of drug-likeness (QED) is 0.0272. The lowest BCUT2D eigenvalue weighted by Crippen LogP contribution is -2.45. The number of hydrogen-bond donors (Lipinski definition) is 2. The molecule has 376 valence electrons. The molecule has 63 heavy (non-hydrogen) atoms. The first-order valence-corrected chi connectivity index (χ1v) is 29.0. The van der Waals surface area contributed by atoms with E-state index in [0.29, 0.717) is 17.4 Å². The molecule has 0 saturated carbocycles. The number of carbonyl (C=O) groups is 1. The fraction of sp³-hybridized carbons (Fsp3) is 0.944. The van der Waals surface area contributed by atoms with Crippen molar-refractivity contribution in [3.63, 3.8) is 0 Å². The van der Waals surface area contributed by atoms with E-state index in [1.54, 1.807) is 6.08 Å². The molecule has 0 aromatic heterocycles. The van der Waals surface area contributed by atoms with E-state index in [1.165, 1.54) is 218 Å². The third-order valence-corrected chi connectivity index (χ3v) is 13.7. The van der Waals surface area contributed by atoms with Crippen LogP contribution in [0.5, 0.6) is 0 Å². The Balaban J connectivity index is 4.18. The van der Waals surface area contributed by atoms with Crippen molar-refractivity contribution in [3.8, 4) is 0 Å². The van der Waals surface area contributed by atoms with Gasteiger partial charge in [-0.2, -0.15) is 0 Å². The maximum Gasteiger partial charge on any atom is 0.268 e. The van der Waals surface area contributed by atoms with Gasteiger partial charge >= 0.3 is 0 Å². The van der Waals surface area contributed by atoms with Gasteiger partial charge in [0.05, 0.1) is 39.9 Å². The lowest BCUT2D eigenvalue weighted by Gasteiger charge is -2.29. The number of likely N-dealkylation sites (N-methyl/N-ethyl adjacent to an activating group) is 1. The molecule has 0 heterocycles. The van der Waals surface area contributed by atoms with Gasteiger partial charge in [0.1, 0.15) is 13.2 Å². The summed E-state index contributed by atoms with van der Waals surface area (Å²) in [6.45, 7) is 4.69. The first kappa shape index (κ1) is 62.2. The Labute approximate surface area is 392 Å². The zero-order valence-corrected chi connectivity index (χ0v) is 43.7. The predicted molar refractivity (Wildman–Crippen MR) is 270 cm³/mol. The molecule has 0 radical (unpaired) electrons. The van der Waals surface area contributed by atoms with Crippen molar-refractivity contribution in [2.45, 2.75) is 289 Å². The maximum atomic E-state index is 12.9. The van der Waals surface area contributed by atoms with Crippen LogP contribution in [0, 0.1) is 0 Å². The van der Waals surface area contributed by atoms with Gasteiger partial charge in [0, 0.05) is 6.42 Å². The van der Waals surface area contributed by atoms with Gasteiger partial charge in [0.2, 0.25) is 5.91 Å². The molecule has 0 bridgehead atoms. The van der Waals surface area contributed by atoms with E-state index in [0.717, 1.165) is 38.5 Å². The summed E-state index contributed by atoms with van der Waals surface area (Å²) in [6.07, 6.45) is 55.6. The van der Waals surface area contributed by atoms with Crippen LogP contribution in [0.3, 0.4) is 0 Å². The number of aliphatic hydroxyl groups excluding tert-OH is 1. The number of rotatable bonds is 51. The topological polar surface area (TPSA) is 108 Å². The molecule has 0 aliphatic carbocycles. The highest BCUT2D eigenvalue weighted by atomic mass is 31.2. The van der Waals surface area contributed by atoms with Gasteiger partial charge < -0.3 is 28.8 Å². The Morgan fingerprint density at radius 2 is 0.857 bits per heavy atom. The van der Waals surface area contributed by atoms with Crippen LogP contribution in [-0.2, 0) is 18.4 Å². The monoisotopic (exact) mass is 913 g/mol. The number of unbranched alkanes of at least 4 members (excludes halogenated alkanes) is 38. The molecule has 0 fully saturated rings. The number of nitrogens with zero attached hydrogens (tertiary/aromatic N) is 1. The van der Waals surface area contributed by atoms with E-state index in [-0.39, 0.29) is 19.1 Å². The van der Waals surface area contributed by atoms with Crippen LogP contribution in [0.1, 0.15) is 277 Å². The summed E-state index contributed by atoms with van der Waals surface area (Å²) in [6, 6.07) is -0.881.